The fourth-order valence-corrected chi connectivity index (χ4v) is 3.86. The average Bonchev–Trinajstić information content (AvgIpc) is 2.90. The van der Waals surface area contributed by atoms with E-state index in [0.29, 0.717) is 26.1 Å². The van der Waals surface area contributed by atoms with Gasteiger partial charge < -0.3 is 10.0 Å². The number of amides is 1. The molecule has 3 rings (SSSR count). The van der Waals surface area contributed by atoms with E-state index in [-0.39, 0.29) is 17.7 Å². The molecule has 24 heavy (non-hydrogen) atoms. The summed E-state index contributed by atoms with van der Waals surface area (Å²) in [6.07, 6.45) is 0.336. The van der Waals surface area contributed by atoms with Crippen LogP contribution in [-0.2, 0) is 10.8 Å². The summed E-state index contributed by atoms with van der Waals surface area (Å²) in [7, 11) is -3.23. The van der Waals surface area contributed by atoms with Crippen LogP contribution in [0, 0.1) is 0 Å². The third-order valence-corrected chi connectivity index (χ3v) is 5.56. The van der Waals surface area contributed by atoms with Crippen LogP contribution in [0.15, 0.2) is 29.2 Å². The maximum Gasteiger partial charge on any atom is 0.475 e. The molecular formula is C15H17F3N2O3S. The molecule has 0 aromatic heterocycles. The van der Waals surface area contributed by atoms with Gasteiger partial charge in [0.2, 0.25) is 0 Å². The third kappa shape index (κ3) is 3.33. The normalized spacial score (nSPS) is 24.0. The molecule has 9 heteroatoms. The van der Waals surface area contributed by atoms with Crippen LogP contribution in [-0.4, -0.2) is 68.9 Å². The summed E-state index contributed by atoms with van der Waals surface area (Å²) in [5.41, 5.74) is -5.08. The van der Waals surface area contributed by atoms with Gasteiger partial charge in [-0.2, -0.15) is 13.2 Å². The molecule has 2 atom stereocenters. The number of β-amino-alcohol motifs (C(OH)–C–C–N with tert-alkyl or cyclic N) is 1. The summed E-state index contributed by atoms with van der Waals surface area (Å²) >= 11 is 0. The van der Waals surface area contributed by atoms with Crippen molar-refractivity contribution >= 4 is 16.7 Å². The average molecular weight is 362 g/mol. The van der Waals surface area contributed by atoms with Crippen LogP contribution in [0.2, 0.25) is 0 Å². The number of nitrogens with zero attached hydrogens (tertiary/aromatic N) is 2. The first-order chi connectivity index (χ1) is 11.3. The molecule has 1 N–H and O–H groups in total. The van der Waals surface area contributed by atoms with Gasteiger partial charge in [-0.05, 0) is 18.6 Å². The minimum Gasteiger partial charge on any atom is -0.392 e. The van der Waals surface area contributed by atoms with Gasteiger partial charge in [0.05, 0.1) is 16.6 Å². The zero-order chi connectivity index (χ0) is 17.5. The number of aliphatic hydroxyl groups is 1. The van der Waals surface area contributed by atoms with Crippen LogP contribution in [0.3, 0.4) is 0 Å². The van der Waals surface area contributed by atoms with Crippen molar-refractivity contribution < 1.29 is 27.3 Å². The van der Waals surface area contributed by atoms with E-state index in [9.17, 15) is 27.3 Å². The van der Waals surface area contributed by atoms with E-state index < -0.39 is 27.1 Å². The number of aliphatic hydroxyl groups excluding tert-OH is 1. The Bertz CT molecular complexity index is 662. The number of halogens is 3. The molecule has 1 aromatic carbocycles. The number of benzene rings is 1. The number of carbonyl (C=O) groups excluding carboxylic acids is 1. The largest absolute Gasteiger partial charge is 0.475 e. The Morgan fingerprint density at radius 3 is 2.46 bits per heavy atom. The topological polar surface area (TPSA) is 60.9 Å². The van der Waals surface area contributed by atoms with E-state index in [1.807, 2.05) is 0 Å². The number of rotatable bonds is 3. The van der Waals surface area contributed by atoms with Crippen molar-refractivity contribution in [2.75, 3.05) is 26.2 Å². The molecule has 0 radical (unpaired) electrons. The molecule has 132 valence electrons. The summed E-state index contributed by atoms with van der Waals surface area (Å²) in [6.45, 7) is 2.11. The lowest BCUT2D eigenvalue weighted by atomic mass is 10.1. The van der Waals surface area contributed by atoms with Gasteiger partial charge in [-0.25, -0.2) is 4.21 Å². The van der Waals surface area contributed by atoms with Gasteiger partial charge in [0.1, 0.15) is 0 Å². The highest BCUT2D eigenvalue weighted by molar-refractivity contribution is 7.86. The highest BCUT2D eigenvalue weighted by Gasteiger charge is 2.42. The maximum absolute atomic E-state index is 12.7. The van der Waals surface area contributed by atoms with Crippen LogP contribution < -0.4 is 0 Å². The summed E-state index contributed by atoms with van der Waals surface area (Å²) < 4.78 is 49.8. The van der Waals surface area contributed by atoms with Crippen molar-refractivity contribution in [2.45, 2.75) is 29.0 Å². The molecule has 2 fully saturated rings. The number of carbonyl (C=O) groups is 1. The molecule has 5 nitrogen and oxygen atoms in total. The molecule has 0 spiro atoms. The molecule has 0 saturated carbocycles. The number of hydrogen-bond donors (Lipinski definition) is 1. The van der Waals surface area contributed by atoms with Crippen LogP contribution in [0.5, 0.6) is 0 Å². The second-order valence-electron chi connectivity index (χ2n) is 6.01. The van der Waals surface area contributed by atoms with Crippen LogP contribution in [0.1, 0.15) is 16.8 Å². The van der Waals surface area contributed by atoms with Gasteiger partial charge in [-0.15, -0.1) is 0 Å². The van der Waals surface area contributed by atoms with Gasteiger partial charge in [0.25, 0.3) is 5.91 Å². The summed E-state index contributed by atoms with van der Waals surface area (Å²) in [6, 6.07) is 5.25. The number of hydrogen-bond acceptors (Lipinski definition) is 4. The highest BCUT2D eigenvalue weighted by Crippen LogP contribution is 2.30. The monoisotopic (exact) mass is 362 g/mol. The Kier molecular flexibility index (Phi) is 4.67. The van der Waals surface area contributed by atoms with Crippen molar-refractivity contribution in [3.05, 3.63) is 29.8 Å². The molecule has 2 heterocycles. The predicted molar refractivity (Wildman–Crippen MR) is 80.8 cm³/mol. The van der Waals surface area contributed by atoms with Crippen LogP contribution in [0.25, 0.3) is 0 Å². The molecule has 1 amide bonds. The summed E-state index contributed by atoms with van der Waals surface area (Å²) in [5.74, 6) is -0.542. The zero-order valence-electron chi connectivity index (χ0n) is 12.7. The molecular weight excluding hydrogens is 345 g/mol. The summed E-state index contributed by atoms with van der Waals surface area (Å²) in [5, 5.41) is 9.53. The van der Waals surface area contributed by atoms with E-state index in [1.54, 1.807) is 0 Å². The highest BCUT2D eigenvalue weighted by atomic mass is 32.2. The minimum atomic E-state index is -4.90. The van der Waals surface area contributed by atoms with E-state index in [2.05, 4.69) is 4.90 Å². The zero-order valence-corrected chi connectivity index (χ0v) is 13.5. The predicted octanol–water partition coefficient (Wildman–Crippen LogP) is 1.20. The fourth-order valence-electron chi connectivity index (χ4n) is 3.05. The van der Waals surface area contributed by atoms with Crippen molar-refractivity contribution in [3.8, 4) is 0 Å². The van der Waals surface area contributed by atoms with E-state index in [1.165, 1.54) is 23.1 Å². The second kappa shape index (κ2) is 6.45. The Balaban J connectivity index is 1.70. The van der Waals surface area contributed by atoms with Crippen molar-refractivity contribution in [3.63, 3.8) is 0 Å². The molecule has 2 aliphatic heterocycles. The van der Waals surface area contributed by atoms with E-state index >= 15 is 0 Å². The lowest BCUT2D eigenvalue weighted by Gasteiger charge is -2.44. The molecule has 0 bridgehead atoms. The Morgan fingerprint density at radius 2 is 1.88 bits per heavy atom. The smallest absolute Gasteiger partial charge is 0.392 e. The van der Waals surface area contributed by atoms with Gasteiger partial charge in [0.15, 0.2) is 10.8 Å². The SMILES string of the molecule is O=C(c1ccccc1S(=O)C(F)(F)F)N1CC(N2CC[C@@H](O)C2)C1. The molecule has 1 unspecified atom stereocenters. The Hall–Kier alpha value is -1.45. The quantitative estimate of drug-likeness (QED) is 0.878. The molecule has 2 aliphatic rings. The van der Waals surface area contributed by atoms with Gasteiger partial charge in [0, 0.05) is 32.2 Å². The number of alkyl halides is 3. The maximum atomic E-state index is 12.7. The van der Waals surface area contributed by atoms with E-state index in [4.69, 9.17) is 0 Å². The van der Waals surface area contributed by atoms with Gasteiger partial charge >= 0.3 is 5.51 Å². The van der Waals surface area contributed by atoms with E-state index in [0.717, 1.165) is 12.6 Å². The summed E-state index contributed by atoms with van der Waals surface area (Å²) in [4.78, 5) is 15.5. The Morgan fingerprint density at radius 1 is 1.21 bits per heavy atom. The minimum absolute atomic E-state index is 0.117. The standard InChI is InChI=1S/C15H17F3N2O3S/c16-15(17,18)24(23)13-4-2-1-3-12(13)14(22)20-7-10(8-20)19-6-5-11(21)9-19/h1-4,10-11,21H,5-9H2/t11-,24?/m1/s1. The molecule has 0 aliphatic carbocycles. The number of likely N-dealkylation sites (tertiary alicyclic amines) is 2. The van der Waals surface area contributed by atoms with Crippen LogP contribution >= 0.6 is 0 Å². The van der Waals surface area contributed by atoms with Crippen molar-refractivity contribution in [2.24, 2.45) is 0 Å². The first-order valence-corrected chi connectivity index (χ1v) is 8.71. The molecule has 2 saturated heterocycles. The van der Waals surface area contributed by atoms with Crippen molar-refractivity contribution in [1.82, 2.24) is 9.80 Å². The van der Waals surface area contributed by atoms with Crippen molar-refractivity contribution in [1.29, 1.82) is 0 Å². The first-order valence-electron chi connectivity index (χ1n) is 7.56. The third-order valence-electron chi connectivity index (χ3n) is 4.39. The lowest BCUT2D eigenvalue weighted by Crippen LogP contribution is -2.60. The van der Waals surface area contributed by atoms with Gasteiger partial charge in [-0.3, -0.25) is 9.69 Å². The second-order valence-corrected chi connectivity index (χ2v) is 7.45. The Labute approximate surface area is 139 Å². The molecule has 1 aromatic rings. The lowest BCUT2D eigenvalue weighted by molar-refractivity contribution is -0.0384. The fraction of sp³-hybridized carbons (Fsp3) is 0.533. The van der Waals surface area contributed by atoms with Crippen LogP contribution in [0.4, 0.5) is 13.2 Å². The van der Waals surface area contributed by atoms with Gasteiger partial charge in [-0.1, -0.05) is 12.1 Å². The first kappa shape index (κ1) is 17.4.